The number of alkyl halides is 4. The van der Waals surface area contributed by atoms with Crippen LogP contribution in [0.4, 0.5) is 17.6 Å². The molecule has 0 aliphatic heterocycles. The number of aliphatic hydroxyl groups excluding tert-OH is 1. The van der Waals surface area contributed by atoms with Gasteiger partial charge in [-0.05, 0) is 19.3 Å². The van der Waals surface area contributed by atoms with E-state index in [4.69, 9.17) is 0 Å². The molecule has 0 saturated heterocycles. The highest BCUT2D eigenvalue weighted by molar-refractivity contribution is 5.87. The van der Waals surface area contributed by atoms with Crippen LogP contribution in [-0.2, 0) is 4.79 Å². The Labute approximate surface area is 110 Å². The quantitative estimate of drug-likeness (QED) is 0.807. The van der Waals surface area contributed by atoms with Crippen LogP contribution in [0.2, 0.25) is 0 Å². The molecule has 0 heterocycles. The van der Waals surface area contributed by atoms with Gasteiger partial charge in [-0.1, -0.05) is 20.8 Å². The molecule has 0 aliphatic rings. The highest BCUT2D eigenvalue weighted by Gasteiger charge is 2.69. The van der Waals surface area contributed by atoms with Crippen molar-refractivity contribution in [2.75, 3.05) is 13.1 Å². The monoisotopic (exact) mass is 287 g/mol. The maximum absolute atomic E-state index is 14.4. The lowest BCUT2D eigenvalue weighted by Gasteiger charge is -2.40. The second kappa shape index (κ2) is 5.64. The normalized spacial score (nSPS) is 17.8. The Bertz CT molecular complexity index is 321. The highest BCUT2D eigenvalue weighted by atomic mass is 19.4. The topological polar surface area (TPSA) is 40.5 Å². The summed E-state index contributed by atoms with van der Waals surface area (Å²) in [6.07, 6.45) is -7.95. The van der Waals surface area contributed by atoms with Gasteiger partial charge < -0.3 is 10.0 Å². The first kappa shape index (κ1) is 18.1. The lowest BCUT2D eigenvalue weighted by Crippen LogP contribution is -2.64. The first-order chi connectivity index (χ1) is 8.33. The molecule has 0 spiro atoms. The number of aliphatic hydroxyl groups is 1. The molecule has 114 valence electrons. The minimum atomic E-state index is -5.47. The van der Waals surface area contributed by atoms with Gasteiger partial charge in [-0.25, -0.2) is 4.39 Å². The molecular formula is C12H21F4NO2. The van der Waals surface area contributed by atoms with Crippen molar-refractivity contribution < 1.29 is 27.5 Å². The van der Waals surface area contributed by atoms with Crippen LogP contribution in [0.5, 0.6) is 0 Å². The Hall–Kier alpha value is -0.850. The van der Waals surface area contributed by atoms with Crippen molar-refractivity contribution in [1.82, 2.24) is 4.90 Å². The second-order valence-electron chi connectivity index (χ2n) is 5.46. The molecule has 0 rings (SSSR count). The van der Waals surface area contributed by atoms with Crippen molar-refractivity contribution in [3.8, 4) is 0 Å². The number of hydrogen-bond acceptors (Lipinski definition) is 2. The van der Waals surface area contributed by atoms with Gasteiger partial charge in [0.1, 0.15) is 6.10 Å². The van der Waals surface area contributed by atoms with E-state index in [0.29, 0.717) is 0 Å². The number of rotatable bonds is 4. The predicted molar refractivity (Wildman–Crippen MR) is 63.3 cm³/mol. The summed E-state index contributed by atoms with van der Waals surface area (Å²) in [5.41, 5.74) is -5.72. The van der Waals surface area contributed by atoms with Crippen molar-refractivity contribution in [1.29, 1.82) is 0 Å². The summed E-state index contributed by atoms with van der Waals surface area (Å²) >= 11 is 0. The molecule has 0 aromatic heterocycles. The van der Waals surface area contributed by atoms with Gasteiger partial charge in [-0.2, -0.15) is 13.2 Å². The third-order valence-electron chi connectivity index (χ3n) is 2.97. The molecule has 0 aromatic rings. The van der Waals surface area contributed by atoms with Crippen molar-refractivity contribution in [2.24, 2.45) is 5.41 Å². The van der Waals surface area contributed by atoms with Gasteiger partial charge in [-0.3, -0.25) is 4.79 Å². The van der Waals surface area contributed by atoms with Gasteiger partial charge in [0.2, 0.25) is 0 Å². The summed E-state index contributed by atoms with van der Waals surface area (Å²) < 4.78 is 53.4. The Morgan fingerprint density at radius 2 is 1.47 bits per heavy atom. The van der Waals surface area contributed by atoms with Crippen LogP contribution < -0.4 is 0 Å². The molecule has 0 aliphatic carbocycles. The fraction of sp³-hybridized carbons (Fsp3) is 0.917. The van der Waals surface area contributed by atoms with Crippen LogP contribution in [0.15, 0.2) is 0 Å². The highest BCUT2D eigenvalue weighted by Crippen LogP contribution is 2.43. The van der Waals surface area contributed by atoms with Gasteiger partial charge in [0.05, 0.1) is 0 Å². The van der Waals surface area contributed by atoms with Crippen LogP contribution >= 0.6 is 0 Å². The maximum Gasteiger partial charge on any atom is 0.434 e. The molecule has 0 unspecified atom stereocenters. The van der Waals surface area contributed by atoms with E-state index in [1.807, 2.05) is 0 Å². The van der Waals surface area contributed by atoms with Crippen molar-refractivity contribution in [3.63, 3.8) is 0 Å². The average Bonchev–Trinajstić information content (AvgIpc) is 2.25. The van der Waals surface area contributed by atoms with Gasteiger partial charge in [0, 0.05) is 13.1 Å². The first-order valence-electron chi connectivity index (χ1n) is 6.07. The molecule has 0 aromatic carbocycles. The SMILES string of the molecule is CCN(CC)C(=O)[C@](F)([C@H](O)C(C)(C)C)C(F)(F)F. The molecule has 0 saturated carbocycles. The molecule has 1 amide bonds. The minimum absolute atomic E-state index is 0.0616. The van der Waals surface area contributed by atoms with E-state index in [0.717, 1.165) is 4.90 Å². The lowest BCUT2D eigenvalue weighted by molar-refractivity contribution is -0.267. The fourth-order valence-electron chi connectivity index (χ4n) is 1.73. The van der Waals surface area contributed by atoms with E-state index in [9.17, 15) is 27.5 Å². The van der Waals surface area contributed by atoms with E-state index < -0.39 is 29.3 Å². The third-order valence-corrected chi connectivity index (χ3v) is 2.97. The number of amides is 1. The summed E-state index contributed by atoms with van der Waals surface area (Å²) in [6, 6.07) is 0. The van der Waals surface area contributed by atoms with Crippen LogP contribution in [0.25, 0.3) is 0 Å². The first-order valence-corrected chi connectivity index (χ1v) is 6.07. The smallest absolute Gasteiger partial charge is 0.388 e. The third kappa shape index (κ3) is 3.38. The number of halogens is 4. The molecular weight excluding hydrogens is 266 g/mol. The summed E-state index contributed by atoms with van der Waals surface area (Å²) in [7, 11) is 0. The van der Waals surface area contributed by atoms with Crippen LogP contribution in [0, 0.1) is 5.41 Å². The van der Waals surface area contributed by atoms with Gasteiger partial charge in [-0.15, -0.1) is 0 Å². The predicted octanol–water partition coefficient (Wildman–Crippen LogP) is 2.53. The number of carbonyl (C=O) groups excluding carboxylic acids is 1. The zero-order valence-corrected chi connectivity index (χ0v) is 11.8. The fourth-order valence-corrected chi connectivity index (χ4v) is 1.73. The maximum atomic E-state index is 14.4. The summed E-state index contributed by atoms with van der Waals surface area (Å²) in [5.74, 6) is -1.74. The molecule has 2 atom stereocenters. The molecule has 19 heavy (non-hydrogen) atoms. The standard InChI is InChI=1S/C12H21F4NO2/c1-6-17(7-2)9(19)11(13,12(14,15)16)8(18)10(3,4)5/h8,18H,6-7H2,1-5H3/t8-,11-/m1/s1. The van der Waals surface area contributed by atoms with Crippen LogP contribution in [0.3, 0.4) is 0 Å². The summed E-state index contributed by atoms with van der Waals surface area (Å²) in [5, 5.41) is 9.71. The van der Waals surface area contributed by atoms with E-state index >= 15 is 0 Å². The van der Waals surface area contributed by atoms with E-state index in [1.54, 1.807) is 0 Å². The second-order valence-corrected chi connectivity index (χ2v) is 5.46. The van der Waals surface area contributed by atoms with E-state index in [1.165, 1.54) is 34.6 Å². The molecule has 1 N–H and O–H groups in total. The Morgan fingerprint density at radius 3 is 1.68 bits per heavy atom. The molecule has 7 heteroatoms. The average molecular weight is 287 g/mol. The van der Waals surface area contributed by atoms with E-state index in [2.05, 4.69) is 0 Å². The van der Waals surface area contributed by atoms with E-state index in [-0.39, 0.29) is 13.1 Å². The summed E-state index contributed by atoms with van der Waals surface area (Å²) in [4.78, 5) is 12.6. The van der Waals surface area contributed by atoms with Crippen molar-refractivity contribution in [3.05, 3.63) is 0 Å². The lowest BCUT2D eigenvalue weighted by atomic mass is 9.78. The van der Waals surface area contributed by atoms with Gasteiger partial charge in [0.25, 0.3) is 5.91 Å². The minimum Gasteiger partial charge on any atom is -0.388 e. The molecule has 3 nitrogen and oxygen atoms in total. The zero-order valence-electron chi connectivity index (χ0n) is 11.8. The molecule has 0 bridgehead atoms. The zero-order chi connectivity index (χ0) is 15.6. The number of hydrogen-bond donors (Lipinski definition) is 1. The molecule has 0 fully saturated rings. The van der Waals surface area contributed by atoms with Crippen LogP contribution in [0.1, 0.15) is 34.6 Å². The summed E-state index contributed by atoms with van der Waals surface area (Å²) in [6.45, 7) is 6.50. The Balaban J connectivity index is 5.76. The van der Waals surface area contributed by atoms with Crippen molar-refractivity contribution in [2.45, 2.75) is 52.6 Å². The van der Waals surface area contributed by atoms with Crippen molar-refractivity contribution >= 4 is 5.91 Å². The van der Waals surface area contributed by atoms with Gasteiger partial charge in [0.15, 0.2) is 0 Å². The number of carbonyl (C=O) groups is 1. The molecule has 0 radical (unpaired) electrons. The van der Waals surface area contributed by atoms with Gasteiger partial charge >= 0.3 is 11.8 Å². The largest absolute Gasteiger partial charge is 0.434 e. The number of nitrogens with zero attached hydrogens (tertiary/aromatic N) is 1. The van der Waals surface area contributed by atoms with Crippen LogP contribution in [-0.4, -0.2) is 47.0 Å². The Morgan fingerprint density at radius 1 is 1.11 bits per heavy atom. The Kier molecular flexibility index (Phi) is 5.39.